The molecule has 0 aliphatic carbocycles. The second kappa shape index (κ2) is 11.2. The highest BCUT2D eigenvalue weighted by molar-refractivity contribution is 7.25. The third-order valence-corrected chi connectivity index (χ3v) is 10.8. The molecule has 0 aliphatic heterocycles. The predicted octanol–water partition coefficient (Wildman–Crippen LogP) is 13.9. The molecule has 2 nitrogen and oxygen atoms in total. The Morgan fingerprint density at radius 2 is 1.04 bits per heavy atom. The Morgan fingerprint density at radius 3 is 1.86 bits per heavy atom. The number of hydrogen-bond acceptors (Lipinski definition) is 3. The minimum Gasteiger partial charge on any atom is -0.455 e. The lowest BCUT2D eigenvalue weighted by Gasteiger charge is -2.26. The van der Waals surface area contributed by atoms with Crippen LogP contribution in [0.3, 0.4) is 0 Å². The van der Waals surface area contributed by atoms with Crippen molar-refractivity contribution in [3.63, 3.8) is 0 Å². The quantitative estimate of drug-likeness (QED) is 0.186. The molecule has 10 aromatic rings. The summed E-state index contributed by atoms with van der Waals surface area (Å²) in [4.78, 5) is 2.32. The van der Waals surface area contributed by atoms with Crippen molar-refractivity contribution in [3.8, 4) is 22.3 Å². The highest BCUT2D eigenvalue weighted by atomic mass is 32.1. The zero-order valence-electron chi connectivity index (χ0n) is 26.5. The Kier molecular flexibility index (Phi) is 6.39. The number of benzene rings is 8. The fourth-order valence-electron chi connectivity index (χ4n) is 7.32. The SMILES string of the molecule is c1ccc(N(c2ccc(-c3ccc4c(c3)sc3ccccc34)cc2)c2ccc(-c3cccc4oc5c6ccccc6ccc5c34)cc2)cc1. The first-order chi connectivity index (χ1) is 24.3. The molecule has 2 heterocycles. The molecule has 49 heavy (non-hydrogen) atoms. The van der Waals surface area contributed by atoms with E-state index in [4.69, 9.17) is 4.42 Å². The van der Waals surface area contributed by atoms with Crippen LogP contribution in [0.5, 0.6) is 0 Å². The van der Waals surface area contributed by atoms with Gasteiger partial charge in [-0.05, 0) is 88.3 Å². The standard InChI is InChI=1S/C46H29NOS/c1-2-10-34(11-3-1)47(35-23-17-30(18-24-35)33-22-27-40-39-13-6-7-16-43(39)49-44(40)29-33)36-25-19-32(20-26-36)37-14-8-15-42-45(37)41-28-21-31-9-4-5-12-38(31)46(41)48-42/h1-29H. The van der Waals surface area contributed by atoms with Crippen LogP contribution in [-0.4, -0.2) is 0 Å². The Balaban J connectivity index is 1.03. The van der Waals surface area contributed by atoms with E-state index < -0.39 is 0 Å². The number of para-hydroxylation sites is 1. The number of nitrogens with zero attached hydrogens (tertiary/aromatic N) is 1. The van der Waals surface area contributed by atoms with Crippen molar-refractivity contribution >= 4 is 81.3 Å². The van der Waals surface area contributed by atoms with Crippen molar-refractivity contribution in [2.45, 2.75) is 0 Å². The van der Waals surface area contributed by atoms with Gasteiger partial charge in [0, 0.05) is 53.4 Å². The van der Waals surface area contributed by atoms with E-state index in [1.165, 1.54) is 42.2 Å². The second-order valence-corrected chi connectivity index (χ2v) is 13.6. The van der Waals surface area contributed by atoms with Gasteiger partial charge in [-0.25, -0.2) is 0 Å². The van der Waals surface area contributed by atoms with Crippen molar-refractivity contribution in [1.82, 2.24) is 0 Å². The van der Waals surface area contributed by atoms with Crippen LogP contribution in [-0.2, 0) is 0 Å². The lowest BCUT2D eigenvalue weighted by molar-refractivity contribution is 0.673. The van der Waals surface area contributed by atoms with E-state index in [9.17, 15) is 0 Å². The Morgan fingerprint density at radius 1 is 0.408 bits per heavy atom. The van der Waals surface area contributed by atoms with Crippen LogP contribution in [0, 0.1) is 0 Å². The number of furan rings is 1. The second-order valence-electron chi connectivity index (χ2n) is 12.5. The zero-order valence-corrected chi connectivity index (χ0v) is 27.3. The summed E-state index contributed by atoms with van der Waals surface area (Å²) in [6, 6.07) is 63.1. The summed E-state index contributed by atoms with van der Waals surface area (Å²) in [5.74, 6) is 0. The molecule has 0 aliphatic rings. The van der Waals surface area contributed by atoms with Crippen LogP contribution in [0.25, 0.3) is 75.1 Å². The molecule has 0 atom stereocenters. The maximum absolute atomic E-state index is 6.47. The van der Waals surface area contributed by atoms with Crippen molar-refractivity contribution in [1.29, 1.82) is 0 Å². The van der Waals surface area contributed by atoms with E-state index in [2.05, 4.69) is 181 Å². The molecule has 0 radical (unpaired) electrons. The first-order valence-corrected chi connectivity index (χ1v) is 17.4. The maximum atomic E-state index is 6.47. The molecule has 0 spiro atoms. The first kappa shape index (κ1) is 27.9. The molecule has 0 unspecified atom stereocenters. The normalized spacial score (nSPS) is 11.7. The number of anilines is 3. The molecule has 0 amide bonds. The first-order valence-electron chi connectivity index (χ1n) is 16.6. The lowest BCUT2D eigenvalue weighted by Crippen LogP contribution is -2.09. The molecule has 230 valence electrons. The van der Waals surface area contributed by atoms with Crippen LogP contribution < -0.4 is 4.90 Å². The van der Waals surface area contributed by atoms with Gasteiger partial charge in [-0.15, -0.1) is 11.3 Å². The highest BCUT2D eigenvalue weighted by Crippen LogP contribution is 2.42. The number of fused-ring (bicyclic) bond motifs is 8. The summed E-state index contributed by atoms with van der Waals surface area (Å²) in [5.41, 5.74) is 9.95. The van der Waals surface area contributed by atoms with E-state index in [1.807, 2.05) is 11.3 Å². The van der Waals surface area contributed by atoms with E-state index in [0.29, 0.717) is 0 Å². The van der Waals surface area contributed by atoms with Gasteiger partial charge in [0.25, 0.3) is 0 Å². The smallest absolute Gasteiger partial charge is 0.143 e. The minimum atomic E-state index is 0.908. The molecule has 0 N–H and O–H groups in total. The van der Waals surface area contributed by atoms with E-state index in [-0.39, 0.29) is 0 Å². The summed E-state index contributed by atoms with van der Waals surface area (Å²) in [6.45, 7) is 0. The van der Waals surface area contributed by atoms with Crippen molar-refractivity contribution in [3.05, 3.63) is 176 Å². The van der Waals surface area contributed by atoms with Gasteiger partial charge in [-0.1, -0.05) is 115 Å². The van der Waals surface area contributed by atoms with Gasteiger partial charge in [0.1, 0.15) is 11.2 Å². The third-order valence-electron chi connectivity index (χ3n) is 9.68. The van der Waals surface area contributed by atoms with Crippen LogP contribution in [0.4, 0.5) is 17.1 Å². The topological polar surface area (TPSA) is 16.4 Å². The third kappa shape index (κ3) is 4.62. The Labute approximate surface area is 287 Å². The number of thiophene rings is 1. The summed E-state index contributed by atoms with van der Waals surface area (Å²) in [6.07, 6.45) is 0. The van der Waals surface area contributed by atoms with Gasteiger partial charge in [0.05, 0.1) is 0 Å². The summed E-state index contributed by atoms with van der Waals surface area (Å²) in [7, 11) is 0. The molecule has 10 rings (SSSR count). The van der Waals surface area contributed by atoms with Crippen LogP contribution in [0.15, 0.2) is 180 Å². The Bertz CT molecular complexity index is 2810. The molecule has 0 saturated carbocycles. The van der Waals surface area contributed by atoms with Crippen molar-refractivity contribution in [2.24, 2.45) is 0 Å². The van der Waals surface area contributed by atoms with Crippen molar-refractivity contribution in [2.75, 3.05) is 4.90 Å². The largest absolute Gasteiger partial charge is 0.455 e. The molecule has 0 saturated heterocycles. The maximum Gasteiger partial charge on any atom is 0.143 e. The lowest BCUT2D eigenvalue weighted by atomic mass is 9.98. The average Bonchev–Trinajstić information content (AvgIpc) is 3.74. The van der Waals surface area contributed by atoms with Gasteiger partial charge >= 0.3 is 0 Å². The highest BCUT2D eigenvalue weighted by Gasteiger charge is 2.17. The number of hydrogen-bond donors (Lipinski definition) is 0. The Hall–Kier alpha value is -6.16. The fraction of sp³-hybridized carbons (Fsp3) is 0. The van der Waals surface area contributed by atoms with Gasteiger partial charge in [-0.2, -0.15) is 0 Å². The predicted molar refractivity (Wildman–Crippen MR) is 210 cm³/mol. The molecular formula is C46H29NOS. The average molecular weight is 644 g/mol. The van der Waals surface area contributed by atoms with E-state index >= 15 is 0 Å². The fourth-order valence-corrected chi connectivity index (χ4v) is 8.46. The molecular weight excluding hydrogens is 615 g/mol. The van der Waals surface area contributed by atoms with E-state index in [0.717, 1.165) is 50.0 Å². The monoisotopic (exact) mass is 643 g/mol. The van der Waals surface area contributed by atoms with Gasteiger partial charge in [-0.3, -0.25) is 0 Å². The molecule has 0 bridgehead atoms. The molecule has 0 fully saturated rings. The van der Waals surface area contributed by atoms with Gasteiger partial charge in [0.2, 0.25) is 0 Å². The van der Waals surface area contributed by atoms with E-state index in [1.54, 1.807) is 0 Å². The molecule has 2 aromatic heterocycles. The summed E-state index contributed by atoms with van der Waals surface area (Å²) >= 11 is 1.86. The van der Waals surface area contributed by atoms with Gasteiger partial charge < -0.3 is 9.32 Å². The molecule has 8 aromatic carbocycles. The summed E-state index contributed by atoms with van der Waals surface area (Å²) < 4.78 is 9.13. The zero-order chi connectivity index (χ0) is 32.3. The summed E-state index contributed by atoms with van der Waals surface area (Å²) in [5, 5.41) is 7.28. The van der Waals surface area contributed by atoms with Crippen molar-refractivity contribution < 1.29 is 4.42 Å². The van der Waals surface area contributed by atoms with Crippen LogP contribution in [0.2, 0.25) is 0 Å². The minimum absolute atomic E-state index is 0.908. The van der Waals surface area contributed by atoms with Crippen LogP contribution >= 0.6 is 11.3 Å². The molecule has 3 heteroatoms. The van der Waals surface area contributed by atoms with Gasteiger partial charge in [0.15, 0.2) is 0 Å². The van der Waals surface area contributed by atoms with Crippen LogP contribution in [0.1, 0.15) is 0 Å². The number of rotatable bonds is 5.